The average Bonchev–Trinajstić information content (AvgIpc) is 3.61. The van der Waals surface area contributed by atoms with E-state index in [0.717, 1.165) is 12.1 Å². The molecule has 0 saturated carbocycles. The number of rotatable bonds is 6. The molecule has 1 saturated heterocycles. The molecule has 188 valence electrons. The monoisotopic (exact) mass is 523 g/mol. The first kappa shape index (κ1) is 26.1. The van der Waals surface area contributed by atoms with E-state index in [1.807, 2.05) is 32.0 Å². The number of aromatic nitrogens is 4. The van der Waals surface area contributed by atoms with Gasteiger partial charge >= 0.3 is 0 Å². The Morgan fingerprint density at radius 2 is 1.97 bits per heavy atom. The molecular weight excluding hydrogens is 494 g/mol. The molecular formula is C27H30ClN5O2S. The molecule has 36 heavy (non-hydrogen) atoms. The molecule has 5 rings (SSSR count). The summed E-state index contributed by atoms with van der Waals surface area (Å²) in [5.41, 5.74) is 2.81. The van der Waals surface area contributed by atoms with E-state index in [2.05, 4.69) is 56.5 Å². The van der Waals surface area contributed by atoms with E-state index >= 15 is 0 Å². The zero-order chi connectivity index (χ0) is 25.7. The first-order chi connectivity index (χ1) is 17.2. The Labute approximate surface area is 220 Å². The van der Waals surface area contributed by atoms with Crippen LogP contribution < -0.4 is 0 Å². The van der Waals surface area contributed by atoms with Crippen molar-refractivity contribution in [2.24, 2.45) is 0 Å². The van der Waals surface area contributed by atoms with Crippen LogP contribution in [0, 0.1) is 6.92 Å². The first-order valence-electron chi connectivity index (χ1n) is 11.9. The van der Waals surface area contributed by atoms with Crippen LogP contribution in [-0.4, -0.2) is 44.9 Å². The molecule has 4 aromatic rings. The molecule has 9 heteroatoms. The quantitative estimate of drug-likeness (QED) is 0.215. The lowest BCUT2D eigenvalue weighted by Crippen LogP contribution is -2.21. The second-order valence-corrected chi connectivity index (χ2v) is 10.9. The van der Waals surface area contributed by atoms with Gasteiger partial charge in [0, 0.05) is 22.1 Å². The van der Waals surface area contributed by atoms with Gasteiger partial charge in [-0.3, -0.25) is 9.69 Å². The van der Waals surface area contributed by atoms with Gasteiger partial charge in [0.05, 0.1) is 6.04 Å². The third kappa shape index (κ3) is 6.43. The van der Waals surface area contributed by atoms with E-state index in [9.17, 15) is 4.79 Å². The standard InChI is InChI=1S/C18H16ClN3O2.C9H14N2S/c1-18(2,10-12-6-4-3-5-7-12)17-22-21-16(24-17)14-8-13(11-23)9-15(19)20-14;1-7-6-12-9(10-7)8-4-3-5-11(8)2/h3-9,11H,10H2,1-2H3;6,8H,3-5H2,1-2H3. The minimum absolute atomic E-state index is 0.206. The van der Waals surface area contributed by atoms with Gasteiger partial charge in [-0.05, 0) is 57.5 Å². The van der Waals surface area contributed by atoms with Crippen LogP contribution in [0.1, 0.15) is 65.2 Å². The molecule has 1 aliphatic rings. The number of thiazole rings is 1. The van der Waals surface area contributed by atoms with Gasteiger partial charge in [0.1, 0.15) is 22.1 Å². The number of carbonyl (C=O) groups is 1. The van der Waals surface area contributed by atoms with Crippen molar-refractivity contribution in [1.29, 1.82) is 0 Å². The van der Waals surface area contributed by atoms with Crippen LogP contribution in [0.2, 0.25) is 5.15 Å². The molecule has 0 spiro atoms. The highest BCUT2D eigenvalue weighted by Gasteiger charge is 2.28. The third-order valence-electron chi connectivity index (χ3n) is 6.11. The fraction of sp³-hybridized carbons (Fsp3) is 0.370. The Balaban J connectivity index is 0.000000211. The van der Waals surface area contributed by atoms with Crippen molar-refractivity contribution in [3.05, 3.63) is 80.7 Å². The molecule has 1 atom stereocenters. The Hall–Kier alpha value is -2.94. The van der Waals surface area contributed by atoms with Crippen molar-refractivity contribution in [1.82, 2.24) is 25.1 Å². The molecule has 7 nitrogen and oxygen atoms in total. The van der Waals surface area contributed by atoms with E-state index in [1.54, 1.807) is 17.4 Å². The normalized spacial score (nSPS) is 16.0. The molecule has 1 unspecified atom stereocenters. The van der Waals surface area contributed by atoms with Crippen LogP contribution in [0.15, 0.2) is 52.3 Å². The summed E-state index contributed by atoms with van der Waals surface area (Å²) < 4.78 is 5.80. The van der Waals surface area contributed by atoms with Gasteiger partial charge in [-0.15, -0.1) is 21.5 Å². The van der Waals surface area contributed by atoms with Crippen LogP contribution in [0.3, 0.4) is 0 Å². The molecule has 4 heterocycles. The first-order valence-corrected chi connectivity index (χ1v) is 13.1. The number of aryl methyl sites for hydroxylation is 1. The fourth-order valence-electron chi connectivity index (χ4n) is 4.22. The Kier molecular flexibility index (Phi) is 8.28. The van der Waals surface area contributed by atoms with E-state index in [1.165, 1.54) is 36.0 Å². The maximum Gasteiger partial charge on any atom is 0.266 e. The summed E-state index contributed by atoms with van der Waals surface area (Å²) in [6.07, 6.45) is 4.06. The molecule has 0 amide bonds. The van der Waals surface area contributed by atoms with E-state index < -0.39 is 0 Å². The highest BCUT2D eigenvalue weighted by Crippen LogP contribution is 2.32. The van der Waals surface area contributed by atoms with Gasteiger partial charge in [0.2, 0.25) is 5.89 Å². The second kappa shape index (κ2) is 11.4. The van der Waals surface area contributed by atoms with Crippen molar-refractivity contribution in [3.8, 4) is 11.6 Å². The SMILES string of the molecule is CC(C)(Cc1ccccc1)c1nnc(-c2cc(C=O)cc(Cl)n2)o1.Cc1csc(C2CCCN2C)n1. The molecule has 0 bridgehead atoms. The summed E-state index contributed by atoms with van der Waals surface area (Å²) in [5, 5.41) is 11.9. The third-order valence-corrected chi connectivity index (χ3v) is 7.36. The fourth-order valence-corrected chi connectivity index (χ4v) is 5.44. The Morgan fingerprint density at radius 3 is 2.61 bits per heavy atom. The lowest BCUT2D eigenvalue weighted by Gasteiger charge is -2.19. The zero-order valence-corrected chi connectivity index (χ0v) is 22.5. The minimum Gasteiger partial charge on any atom is -0.419 e. The summed E-state index contributed by atoms with van der Waals surface area (Å²) in [5.74, 6) is 0.757. The Bertz CT molecular complexity index is 1300. The number of halogens is 1. The lowest BCUT2D eigenvalue weighted by atomic mass is 9.86. The maximum atomic E-state index is 11.0. The van der Waals surface area contributed by atoms with Crippen LogP contribution in [0.25, 0.3) is 11.6 Å². The molecule has 3 aromatic heterocycles. The van der Waals surface area contributed by atoms with E-state index in [-0.39, 0.29) is 16.5 Å². The topological polar surface area (TPSA) is 85.0 Å². The number of hydrogen-bond acceptors (Lipinski definition) is 8. The average molecular weight is 524 g/mol. The molecule has 1 aromatic carbocycles. The predicted molar refractivity (Wildman–Crippen MR) is 143 cm³/mol. The highest BCUT2D eigenvalue weighted by molar-refractivity contribution is 7.09. The van der Waals surface area contributed by atoms with Crippen molar-refractivity contribution >= 4 is 29.2 Å². The second-order valence-electron chi connectivity index (χ2n) is 9.65. The number of pyridine rings is 1. The van der Waals surface area contributed by atoms with Gasteiger partial charge in [0.25, 0.3) is 5.89 Å². The van der Waals surface area contributed by atoms with E-state index in [0.29, 0.717) is 29.5 Å². The predicted octanol–water partition coefficient (Wildman–Crippen LogP) is 6.34. The molecule has 0 N–H and O–H groups in total. The van der Waals surface area contributed by atoms with Crippen molar-refractivity contribution in [2.75, 3.05) is 13.6 Å². The largest absolute Gasteiger partial charge is 0.419 e. The van der Waals surface area contributed by atoms with Gasteiger partial charge in [-0.25, -0.2) is 9.97 Å². The summed E-state index contributed by atoms with van der Waals surface area (Å²) in [6, 6.07) is 13.8. The minimum atomic E-state index is -0.335. The maximum absolute atomic E-state index is 11.0. The number of carbonyl (C=O) groups excluding carboxylic acids is 1. The molecule has 0 aliphatic carbocycles. The number of nitrogens with zero attached hydrogens (tertiary/aromatic N) is 5. The number of hydrogen-bond donors (Lipinski definition) is 0. The summed E-state index contributed by atoms with van der Waals surface area (Å²) in [7, 11) is 2.19. The van der Waals surface area contributed by atoms with Crippen molar-refractivity contribution < 1.29 is 9.21 Å². The molecule has 0 radical (unpaired) electrons. The number of aldehydes is 1. The van der Waals surface area contributed by atoms with Crippen LogP contribution >= 0.6 is 22.9 Å². The zero-order valence-electron chi connectivity index (χ0n) is 20.9. The summed E-state index contributed by atoms with van der Waals surface area (Å²) >= 11 is 7.72. The smallest absolute Gasteiger partial charge is 0.266 e. The van der Waals surface area contributed by atoms with Crippen LogP contribution in [0.5, 0.6) is 0 Å². The van der Waals surface area contributed by atoms with Crippen LogP contribution in [0.4, 0.5) is 0 Å². The number of likely N-dealkylation sites (tertiary alicyclic amines) is 1. The van der Waals surface area contributed by atoms with Gasteiger partial charge < -0.3 is 4.42 Å². The number of benzene rings is 1. The molecule has 1 aliphatic heterocycles. The highest BCUT2D eigenvalue weighted by atomic mass is 35.5. The van der Waals surface area contributed by atoms with Gasteiger partial charge in [-0.1, -0.05) is 55.8 Å². The van der Waals surface area contributed by atoms with Gasteiger partial charge in [-0.2, -0.15) is 0 Å². The summed E-state index contributed by atoms with van der Waals surface area (Å²) in [6.45, 7) is 7.37. The van der Waals surface area contributed by atoms with Crippen molar-refractivity contribution in [2.45, 2.75) is 51.5 Å². The Morgan fingerprint density at radius 1 is 1.19 bits per heavy atom. The molecule has 1 fully saturated rings. The van der Waals surface area contributed by atoms with Crippen molar-refractivity contribution in [3.63, 3.8) is 0 Å². The van der Waals surface area contributed by atoms with Crippen LogP contribution in [-0.2, 0) is 11.8 Å². The van der Waals surface area contributed by atoms with Gasteiger partial charge in [0.15, 0.2) is 0 Å². The van der Waals surface area contributed by atoms with E-state index in [4.69, 9.17) is 16.0 Å². The summed E-state index contributed by atoms with van der Waals surface area (Å²) in [4.78, 5) is 22.0. The lowest BCUT2D eigenvalue weighted by molar-refractivity contribution is 0.112.